The molecule has 3 unspecified atom stereocenters. The first-order chi connectivity index (χ1) is 8.74. The van der Waals surface area contributed by atoms with E-state index < -0.39 is 5.97 Å². The van der Waals surface area contributed by atoms with Gasteiger partial charge in [0.1, 0.15) is 0 Å². The molecule has 0 aromatic carbocycles. The third kappa shape index (κ3) is 2.07. The Hall–Kier alpha value is -1.58. The Kier molecular flexibility index (Phi) is 2.94. The van der Waals surface area contributed by atoms with E-state index in [0.717, 1.165) is 18.4 Å². The molecule has 0 saturated heterocycles. The molecule has 0 spiro atoms. The molecule has 0 amide bonds. The fraction of sp³-hybridized carbons (Fsp3) is 0.571. The number of carboxylic acids is 1. The molecule has 2 N–H and O–H groups in total. The number of fused-ring (bicyclic) bond motifs is 2. The summed E-state index contributed by atoms with van der Waals surface area (Å²) in [6.07, 6.45) is 8.57. The molecule has 1 aromatic heterocycles. The van der Waals surface area contributed by atoms with Crippen molar-refractivity contribution in [2.75, 3.05) is 11.9 Å². The predicted molar refractivity (Wildman–Crippen MR) is 68.6 cm³/mol. The highest BCUT2D eigenvalue weighted by Gasteiger charge is 2.39. The standard InChI is InChI=1S/C14H18N2O2/c17-14(18)12-3-4-15-8-13(12)16-7-11-6-9-1-2-10(11)5-9/h3-4,8-11,16H,1-2,5-7H2,(H,17,18). The molecule has 1 heterocycles. The Bertz CT molecular complexity index is 461. The summed E-state index contributed by atoms with van der Waals surface area (Å²) < 4.78 is 0. The number of pyridine rings is 1. The molecule has 18 heavy (non-hydrogen) atoms. The summed E-state index contributed by atoms with van der Waals surface area (Å²) in [7, 11) is 0. The molecule has 0 radical (unpaired) electrons. The van der Waals surface area contributed by atoms with Crippen molar-refractivity contribution in [2.24, 2.45) is 17.8 Å². The van der Waals surface area contributed by atoms with E-state index in [0.29, 0.717) is 17.2 Å². The number of carboxylic acid groups (broad SMARTS) is 1. The van der Waals surface area contributed by atoms with Gasteiger partial charge in [-0.05, 0) is 43.1 Å². The number of rotatable bonds is 4. The third-order valence-corrected chi connectivity index (χ3v) is 4.49. The van der Waals surface area contributed by atoms with E-state index in [1.54, 1.807) is 12.3 Å². The molecule has 96 valence electrons. The monoisotopic (exact) mass is 246 g/mol. The normalized spacial score (nSPS) is 29.4. The van der Waals surface area contributed by atoms with Crippen LogP contribution in [0.25, 0.3) is 0 Å². The molecule has 2 saturated carbocycles. The van der Waals surface area contributed by atoms with Crippen molar-refractivity contribution in [1.29, 1.82) is 0 Å². The van der Waals surface area contributed by atoms with Crippen molar-refractivity contribution in [3.8, 4) is 0 Å². The number of carbonyl (C=O) groups is 1. The van der Waals surface area contributed by atoms with Gasteiger partial charge in [0.05, 0.1) is 17.4 Å². The van der Waals surface area contributed by atoms with Crippen molar-refractivity contribution in [3.05, 3.63) is 24.0 Å². The summed E-state index contributed by atoms with van der Waals surface area (Å²) >= 11 is 0. The van der Waals surface area contributed by atoms with Crippen molar-refractivity contribution < 1.29 is 9.90 Å². The number of nitrogens with one attached hydrogen (secondary N) is 1. The van der Waals surface area contributed by atoms with Crippen LogP contribution in [0.4, 0.5) is 5.69 Å². The van der Waals surface area contributed by atoms with Gasteiger partial charge in [-0.15, -0.1) is 0 Å². The lowest BCUT2D eigenvalue weighted by Crippen LogP contribution is -2.21. The van der Waals surface area contributed by atoms with Gasteiger partial charge in [0, 0.05) is 12.7 Å². The Morgan fingerprint density at radius 3 is 3.00 bits per heavy atom. The minimum absolute atomic E-state index is 0.313. The van der Waals surface area contributed by atoms with E-state index in [4.69, 9.17) is 5.11 Å². The van der Waals surface area contributed by atoms with Crippen LogP contribution >= 0.6 is 0 Å². The average Bonchev–Trinajstić information content (AvgIpc) is 2.98. The highest BCUT2D eigenvalue weighted by atomic mass is 16.4. The first-order valence-corrected chi connectivity index (χ1v) is 6.65. The molecule has 2 fully saturated rings. The minimum Gasteiger partial charge on any atom is -0.478 e. The first-order valence-electron chi connectivity index (χ1n) is 6.65. The van der Waals surface area contributed by atoms with Gasteiger partial charge >= 0.3 is 5.97 Å². The number of hydrogen-bond acceptors (Lipinski definition) is 3. The van der Waals surface area contributed by atoms with Crippen LogP contribution in [-0.2, 0) is 0 Å². The van der Waals surface area contributed by atoms with E-state index in [-0.39, 0.29) is 0 Å². The van der Waals surface area contributed by atoms with Gasteiger partial charge in [0.25, 0.3) is 0 Å². The number of aromatic carboxylic acids is 1. The van der Waals surface area contributed by atoms with Crippen molar-refractivity contribution in [1.82, 2.24) is 4.98 Å². The highest BCUT2D eigenvalue weighted by Crippen LogP contribution is 2.48. The Balaban J connectivity index is 1.65. The zero-order chi connectivity index (χ0) is 12.5. The first kappa shape index (κ1) is 11.5. The maximum atomic E-state index is 11.1. The Morgan fingerprint density at radius 2 is 2.33 bits per heavy atom. The van der Waals surface area contributed by atoms with Crippen LogP contribution in [0.3, 0.4) is 0 Å². The molecule has 2 aliphatic carbocycles. The highest BCUT2D eigenvalue weighted by molar-refractivity contribution is 5.93. The molecule has 2 bridgehead atoms. The van der Waals surface area contributed by atoms with E-state index in [2.05, 4.69) is 10.3 Å². The largest absolute Gasteiger partial charge is 0.478 e. The van der Waals surface area contributed by atoms with Gasteiger partial charge < -0.3 is 10.4 Å². The van der Waals surface area contributed by atoms with Crippen molar-refractivity contribution in [3.63, 3.8) is 0 Å². The van der Waals surface area contributed by atoms with Gasteiger partial charge in [-0.1, -0.05) is 6.42 Å². The fourth-order valence-electron chi connectivity index (χ4n) is 3.59. The smallest absolute Gasteiger partial charge is 0.337 e. The summed E-state index contributed by atoms with van der Waals surface area (Å²) in [6.45, 7) is 0.882. The van der Waals surface area contributed by atoms with Crippen molar-refractivity contribution in [2.45, 2.75) is 25.7 Å². The second-order valence-corrected chi connectivity index (χ2v) is 5.54. The average molecular weight is 246 g/mol. The third-order valence-electron chi connectivity index (χ3n) is 4.49. The maximum absolute atomic E-state index is 11.1. The lowest BCUT2D eigenvalue weighted by Gasteiger charge is -2.22. The lowest BCUT2D eigenvalue weighted by atomic mass is 9.89. The molecule has 3 rings (SSSR count). The maximum Gasteiger partial charge on any atom is 0.337 e. The van der Waals surface area contributed by atoms with Gasteiger partial charge in [-0.3, -0.25) is 4.98 Å². The van der Waals surface area contributed by atoms with E-state index in [1.807, 2.05) is 0 Å². The SMILES string of the molecule is O=C(O)c1ccncc1NCC1CC2CCC1C2. The van der Waals surface area contributed by atoms with Crippen LogP contribution in [0.15, 0.2) is 18.5 Å². The molecule has 2 aliphatic rings. The second-order valence-electron chi connectivity index (χ2n) is 5.54. The quantitative estimate of drug-likeness (QED) is 0.857. The van der Waals surface area contributed by atoms with Gasteiger partial charge in [0.15, 0.2) is 0 Å². The number of hydrogen-bond donors (Lipinski definition) is 2. The van der Waals surface area contributed by atoms with Crippen LogP contribution < -0.4 is 5.32 Å². The predicted octanol–water partition coefficient (Wildman–Crippen LogP) is 2.63. The number of nitrogens with zero attached hydrogens (tertiary/aromatic N) is 1. The van der Waals surface area contributed by atoms with E-state index >= 15 is 0 Å². The molecule has 4 heteroatoms. The summed E-state index contributed by atoms with van der Waals surface area (Å²) in [4.78, 5) is 15.1. The molecular formula is C14H18N2O2. The minimum atomic E-state index is -0.896. The van der Waals surface area contributed by atoms with Crippen LogP contribution in [-0.4, -0.2) is 22.6 Å². The molecule has 0 aliphatic heterocycles. The number of anilines is 1. The Labute approximate surface area is 106 Å². The molecule has 3 atom stereocenters. The summed E-state index contributed by atoms with van der Waals surface area (Å²) in [5.74, 6) is 1.60. The van der Waals surface area contributed by atoms with Crippen LogP contribution in [0, 0.1) is 17.8 Å². The van der Waals surface area contributed by atoms with Gasteiger partial charge in [-0.2, -0.15) is 0 Å². The number of aromatic nitrogens is 1. The molecule has 1 aromatic rings. The zero-order valence-electron chi connectivity index (χ0n) is 10.3. The topological polar surface area (TPSA) is 62.2 Å². The summed E-state index contributed by atoms with van der Waals surface area (Å²) in [5.41, 5.74) is 0.959. The summed E-state index contributed by atoms with van der Waals surface area (Å²) in [5, 5.41) is 12.4. The zero-order valence-corrected chi connectivity index (χ0v) is 10.3. The second kappa shape index (κ2) is 4.59. The van der Waals surface area contributed by atoms with E-state index in [9.17, 15) is 4.79 Å². The van der Waals surface area contributed by atoms with Crippen LogP contribution in [0.2, 0.25) is 0 Å². The Morgan fingerprint density at radius 1 is 1.44 bits per heavy atom. The lowest BCUT2D eigenvalue weighted by molar-refractivity contribution is 0.0698. The van der Waals surface area contributed by atoms with Gasteiger partial charge in [0.2, 0.25) is 0 Å². The molecule has 4 nitrogen and oxygen atoms in total. The van der Waals surface area contributed by atoms with Crippen molar-refractivity contribution >= 4 is 11.7 Å². The van der Waals surface area contributed by atoms with E-state index in [1.165, 1.54) is 31.9 Å². The summed E-state index contributed by atoms with van der Waals surface area (Å²) in [6, 6.07) is 1.55. The molecular weight excluding hydrogens is 228 g/mol. The van der Waals surface area contributed by atoms with Crippen LogP contribution in [0.1, 0.15) is 36.0 Å². The fourth-order valence-corrected chi connectivity index (χ4v) is 3.59. The van der Waals surface area contributed by atoms with Crippen LogP contribution in [0.5, 0.6) is 0 Å². The van der Waals surface area contributed by atoms with Gasteiger partial charge in [-0.25, -0.2) is 4.79 Å².